The van der Waals surface area contributed by atoms with Crippen molar-refractivity contribution in [2.75, 3.05) is 0 Å². The summed E-state index contributed by atoms with van der Waals surface area (Å²) in [5.41, 5.74) is 2.24. The highest BCUT2D eigenvalue weighted by molar-refractivity contribution is 5.64. The second-order valence-corrected chi connectivity index (χ2v) is 5.34. The highest BCUT2D eigenvalue weighted by Crippen LogP contribution is 2.27. The maximum Gasteiger partial charge on any atom is 0.254 e. The first-order valence-electron chi connectivity index (χ1n) is 6.83. The normalized spacial score (nSPS) is 11.1. The summed E-state index contributed by atoms with van der Waals surface area (Å²) in [7, 11) is 0. The molecule has 0 atom stereocenters. The fourth-order valence-electron chi connectivity index (χ4n) is 2.16. The van der Waals surface area contributed by atoms with Crippen molar-refractivity contribution in [1.82, 2.24) is 9.97 Å². The van der Waals surface area contributed by atoms with E-state index < -0.39 is 0 Å². The second kappa shape index (κ2) is 5.90. The lowest BCUT2D eigenvalue weighted by molar-refractivity contribution is 0.242. The van der Waals surface area contributed by atoms with E-state index in [9.17, 15) is 4.79 Å². The number of hydrogen-bond donors (Lipinski definition) is 1. The molecule has 20 heavy (non-hydrogen) atoms. The van der Waals surface area contributed by atoms with Crippen LogP contribution < -0.4 is 10.3 Å². The summed E-state index contributed by atoms with van der Waals surface area (Å²) in [4.78, 5) is 19.0. The van der Waals surface area contributed by atoms with Crippen LogP contribution in [0.2, 0.25) is 0 Å². The van der Waals surface area contributed by atoms with Crippen molar-refractivity contribution in [1.29, 1.82) is 0 Å². The molecule has 0 saturated carbocycles. The molecule has 1 N–H and O–H groups in total. The summed E-state index contributed by atoms with van der Waals surface area (Å²) >= 11 is 0. The molecule has 0 spiro atoms. The Morgan fingerprint density at radius 1 is 1.20 bits per heavy atom. The standard InChI is InChI=1S/C16H20N2O2/c1-10(2)14-15(17-9-18-16(14)19)12-6-5-7-13(8-12)20-11(3)4/h5-11H,1-4H3,(H,17,18,19). The number of H-pyrrole nitrogens is 1. The smallest absolute Gasteiger partial charge is 0.254 e. The van der Waals surface area contributed by atoms with Gasteiger partial charge in [0.25, 0.3) is 5.56 Å². The van der Waals surface area contributed by atoms with Gasteiger partial charge in [0.1, 0.15) is 5.75 Å². The van der Waals surface area contributed by atoms with Crippen LogP contribution >= 0.6 is 0 Å². The Kier molecular flexibility index (Phi) is 4.23. The van der Waals surface area contributed by atoms with E-state index in [1.54, 1.807) is 0 Å². The minimum absolute atomic E-state index is 0.0832. The van der Waals surface area contributed by atoms with Gasteiger partial charge in [-0.3, -0.25) is 4.79 Å². The Hall–Kier alpha value is -2.10. The molecule has 0 unspecified atom stereocenters. The number of aromatic amines is 1. The first-order valence-corrected chi connectivity index (χ1v) is 6.83. The van der Waals surface area contributed by atoms with Crippen LogP contribution in [0.5, 0.6) is 5.75 Å². The predicted molar refractivity (Wildman–Crippen MR) is 80.1 cm³/mol. The molecule has 0 aliphatic heterocycles. The van der Waals surface area contributed by atoms with Crippen molar-refractivity contribution in [2.45, 2.75) is 39.7 Å². The van der Waals surface area contributed by atoms with Crippen LogP contribution in [0.15, 0.2) is 35.4 Å². The fraction of sp³-hybridized carbons (Fsp3) is 0.375. The van der Waals surface area contributed by atoms with E-state index in [-0.39, 0.29) is 17.6 Å². The van der Waals surface area contributed by atoms with Gasteiger partial charge in [-0.15, -0.1) is 0 Å². The Morgan fingerprint density at radius 2 is 1.95 bits per heavy atom. The summed E-state index contributed by atoms with van der Waals surface area (Å²) in [6, 6.07) is 7.69. The van der Waals surface area contributed by atoms with E-state index in [2.05, 4.69) is 9.97 Å². The average Bonchev–Trinajstić information content (AvgIpc) is 2.37. The SMILES string of the molecule is CC(C)Oc1cccc(-c2nc[nH]c(=O)c2C(C)C)c1. The lowest BCUT2D eigenvalue weighted by Gasteiger charge is -2.13. The zero-order valence-corrected chi connectivity index (χ0v) is 12.3. The van der Waals surface area contributed by atoms with E-state index in [4.69, 9.17) is 4.74 Å². The number of aromatic nitrogens is 2. The average molecular weight is 272 g/mol. The number of nitrogens with zero attached hydrogens (tertiary/aromatic N) is 1. The zero-order valence-electron chi connectivity index (χ0n) is 12.3. The zero-order chi connectivity index (χ0) is 14.7. The number of rotatable bonds is 4. The minimum atomic E-state index is -0.0832. The summed E-state index contributed by atoms with van der Waals surface area (Å²) < 4.78 is 5.69. The molecule has 2 aromatic rings. The lowest BCUT2D eigenvalue weighted by atomic mass is 9.98. The number of hydrogen-bond acceptors (Lipinski definition) is 3. The van der Waals surface area contributed by atoms with E-state index in [0.29, 0.717) is 5.56 Å². The van der Waals surface area contributed by atoms with E-state index >= 15 is 0 Å². The molecule has 0 fully saturated rings. The van der Waals surface area contributed by atoms with Crippen LogP contribution in [0, 0.1) is 0 Å². The Morgan fingerprint density at radius 3 is 2.60 bits per heavy atom. The number of nitrogens with one attached hydrogen (secondary N) is 1. The van der Waals surface area contributed by atoms with Gasteiger partial charge in [0.15, 0.2) is 0 Å². The van der Waals surface area contributed by atoms with Gasteiger partial charge in [-0.05, 0) is 31.9 Å². The molecule has 0 amide bonds. The number of ether oxygens (including phenoxy) is 1. The molecular weight excluding hydrogens is 252 g/mol. The van der Waals surface area contributed by atoms with Crippen LogP contribution in [-0.4, -0.2) is 16.1 Å². The molecule has 106 valence electrons. The molecule has 1 aromatic heterocycles. The van der Waals surface area contributed by atoms with Gasteiger partial charge in [-0.2, -0.15) is 0 Å². The third-order valence-corrected chi connectivity index (χ3v) is 2.95. The summed E-state index contributed by atoms with van der Waals surface area (Å²) in [6.45, 7) is 7.95. The van der Waals surface area contributed by atoms with Crippen molar-refractivity contribution in [3.05, 3.63) is 46.5 Å². The largest absolute Gasteiger partial charge is 0.491 e. The van der Waals surface area contributed by atoms with Crippen molar-refractivity contribution in [2.24, 2.45) is 0 Å². The summed E-state index contributed by atoms with van der Waals surface area (Å²) in [5.74, 6) is 0.895. The highest BCUT2D eigenvalue weighted by atomic mass is 16.5. The van der Waals surface area contributed by atoms with Crippen molar-refractivity contribution in [3.63, 3.8) is 0 Å². The van der Waals surface area contributed by atoms with Crippen LogP contribution in [0.25, 0.3) is 11.3 Å². The first-order chi connectivity index (χ1) is 9.49. The van der Waals surface area contributed by atoms with E-state index in [0.717, 1.165) is 17.0 Å². The van der Waals surface area contributed by atoms with Crippen LogP contribution in [0.4, 0.5) is 0 Å². The predicted octanol–water partition coefficient (Wildman–Crippen LogP) is 3.35. The molecule has 0 bridgehead atoms. The van der Waals surface area contributed by atoms with Crippen molar-refractivity contribution >= 4 is 0 Å². The first kappa shape index (κ1) is 14.3. The lowest BCUT2D eigenvalue weighted by Crippen LogP contribution is -2.16. The second-order valence-electron chi connectivity index (χ2n) is 5.34. The van der Waals surface area contributed by atoms with Crippen LogP contribution in [-0.2, 0) is 0 Å². The Labute approximate surface area is 118 Å². The third-order valence-electron chi connectivity index (χ3n) is 2.95. The fourth-order valence-corrected chi connectivity index (χ4v) is 2.16. The molecule has 0 radical (unpaired) electrons. The molecule has 0 aliphatic carbocycles. The van der Waals surface area contributed by atoms with Gasteiger partial charge in [-0.1, -0.05) is 26.0 Å². The molecule has 1 aromatic carbocycles. The molecule has 4 heteroatoms. The van der Waals surface area contributed by atoms with Gasteiger partial charge in [0.2, 0.25) is 0 Å². The Balaban J connectivity index is 2.52. The van der Waals surface area contributed by atoms with Crippen LogP contribution in [0.1, 0.15) is 39.2 Å². The summed E-state index contributed by atoms with van der Waals surface area (Å²) in [5, 5.41) is 0. The van der Waals surface area contributed by atoms with Gasteiger partial charge < -0.3 is 9.72 Å². The molecule has 4 nitrogen and oxygen atoms in total. The molecule has 0 saturated heterocycles. The monoisotopic (exact) mass is 272 g/mol. The molecule has 0 aliphatic rings. The minimum Gasteiger partial charge on any atom is -0.491 e. The molecule has 2 rings (SSSR count). The summed E-state index contributed by atoms with van der Waals surface area (Å²) in [6.07, 6.45) is 1.56. The van der Waals surface area contributed by atoms with Crippen molar-refractivity contribution in [3.8, 4) is 17.0 Å². The quantitative estimate of drug-likeness (QED) is 0.928. The van der Waals surface area contributed by atoms with E-state index in [1.807, 2.05) is 52.0 Å². The van der Waals surface area contributed by atoms with Crippen LogP contribution in [0.3, 0.4) is 0 Å². The Bertz CT molecular complexity index is 645. The maximum atomic E-state index is 12.0. The van der Waals surface area contributed by atoms with E-state index in [1.165, 1.54) is 6.33 Å². The third kappa shape index (κ3) is 3.07. The van der Waals surface area contributed by atoms with Crippen molar-refractivity contribution < 1.29 is 4.74 Å². The van der Waals surface area contributed by atoms with Gasteiger partial charge >= 0.3 is 0 Å². The maximum absolute atomic E-state index is 12.0. The van der Waals surface area contributed by atoms with Gasteiger partial charge in [-0.25, -0.2) is 4.98 Å². The van der Waals surface area contributed by atoms with Gasteiger partial charge in [0, 0.05) is 11.1 Å². The topological polar surface area (TPSA) is 55.0 Å². The molecular formula is C16H20N2O2. The van der Waals surface area contributed by atoms with Gasteiger partial charge in [0.05, 0.1) is 18.1 Å². The number of benzene rings is 1. The molecule has 1 heterocycles. The highest BCUT2D eigenvalue weighted by Gasteiger charge is 2.14.